The molecule has 4 heteroatoms. The van der Waals surface area contributed by atoms with E-state index in [1.165, 1.54) is 0 Å². The summed E-state index contributed by atoms with van der Waals surface area (Å²) < 4.78 is 5.40. The topological polar surface area (TPSA) is 54.4 Å². The van der Waals surface area contributed by atoms with Crippen LogP contribution in [-0.2, 0) is 6.54 Å². The Labute approximate surface area is 116 Å². The zero-order valence-electron chi connectivity index (χ0n) is 12.7. The first kappa shape index (κ1) is 15.9. The summed E-state index contributed by atoms with van der Waals surface area (Å²) in [7, 11) is 1.68. The summed E-state index contributed by atoms with van der Waals surface area (Å²) in [5.41, 5.74) is 3.09. The predicted molar refractivity (Wildman–Crippen MR) is 77.4 cm³/mol. The van der Waals surface area contributed by atoms with E-state index in [2.05, 4.69) is 24.1 Å². The van der Waals surface area contributed by atoms with Crippen molar-refractivity contribution in [2.24, 2.45) is 5.92 Å². The molecule has 1 aromatic heterocycles. The van der Waals surface area contributed by atoms with Gasteiger partial charge in [-0.2, -0.15) is 0 Å². The van der Waals surface area contributed by atoms with Gasteiger partial charge >= 0.3 is 0 Å². The largest absolute Gasteiger partial charge is 0.496 e. The molecule has 0 radical (unpaired) electrons. The molecule has 0 saturated carbocycles. The Bertz CT molecular complexity index is 405. The lowest BCUT2D eigenvalue weighted by molar-refractivity contribution is 0.223. The molecule has 0 aliphatic heterocycles. The first-order valence-electron chi connectivity index (χ1n) is 6.82. The molecule has 0 bridgehead atoms. The third-order valence-electron chi connectivity index (χ3n) is 3.28. The summed E-state index contributed by atoms with van der Waals surface area (Å²) in [6.45, 7) is 9.13. The van der Waals surface area contributed by atoms with E-state index in [9.17, 15) is 5.11 Å². The van der Waals surface area contributed by atoms with E-state index in [-0.39, 0.29) is 12.6 Å². The van der Waals surface area contributed by atoms with Crippen molar-refractivity contribution >= 4 is 0 Å². The highest BCUT2D eigenvalue weighted by Crippen LogP contribution is 2.23. The highest BCUT2D eigenvalue weighted by Gasteiger charge is 2.13. The van der Waals surface area contributed by atoms with E-state index in [0.29, 0.717) is 12.5 Å². The van der Waals surface area contributed by atoms with Gasteiger partial charge in [0.15, 0.2) is 0 Å². The van der Waals surface area contributed by atoms with E-state index < -0.39 is 0 Å². The van der Waals surface area contributed by atoms with Crippen molar-refractivity contribution < 1.29 is 9.84 Å². The van der Waals surface area contributed by atoms with Gasteiger partial charge in [0.1, 0.15) is 5.75 Å². The maximum Gasteiger partial charge on any atom is 0.128 e. The Hall–Kier alpha value is -1.13. The molecular formula is C15H26N2O2. The van der Waals surface area contributed by atoms with E-state index >= 15 is 0 Å². The molecule has 0 amide bonds. The number of aliphatic hydroxyl groups excluding tert-OH is 1. The lowest BCUT2D eigenvalue weighted by Crippen LogP contribution is -2.33. The minimum Gasteiger partial charge on any atom is -0.496 e. The predicted octanol–water partition coefficient (Wildman–Crippen LogP) is 2.20. The van der Waals surface area contributed by atoms with Crippen LogP contribution in [-0.4, -0.2) is 29.8 Å². The minimum atomic E-state index is 0.119. The fraction of sp³-hybridized carbons (Fsp3) is 0.667. The Kier molecular flexibility index (Phi) is 6.25. The number of nitrogens with one attached hydrogen (secondary N) is 1. The van der Waals surface area contributed by atoms with E-state index in [1.54, 1.807) is 7.11 Å². The highest BCUT2D eigenvalue weighted by molar-refractivity contribution is 5.40. The highest BCUT2D eigenvalue weighted by atomic mass is 16.5. The van der Waals surface area contributed by atoms with Crippen molar-refractivity contribution in [1.82, 2.24) is 10.3 Å². The second-order valence-corrected chi connectivity index (χ2v) is 5.44. The molecule has 1 aromatic rings. The van der Waals surface area contributed by atoms with Crippen LogP contribution in [0, 0.1) is 19.8 Å². The zero-order chi connectivity index (χ0) is 14.4. The van der Waals surface area contributed by atoms with E-state index in [4.69, 9.17) is 4.74 Å². The third kappa shape index (κ3) is 4.48. The second kappa shape index (κ2) is 7.46. The van der Waals surface area contributed by atoms with Crippen LogP contribution in [0.2, 0.25) is 0 Å². The molecule has 4 nitrogen and oxygen atoms in total. The van der Waals surface area contributed by atoms with Crippen molar-refractivity contribution in [3.8, 4) is 5.75 Å². The Morgan fingerprint density at radius 2 is 2.05 bits per heavy atom. The molecule has 0 fully saturated rings. The van der Waals surface area contributed by atoms with Crippen molar-refractivity contribution in [3.63, 3.8) is 0 Å². The fourth-order valence-electron chi connectivity index (χ4n) is 2.28. The molecule has 108 valence electrons. The number of aryl methyl sites for hydroxylation is 1. The van der Waals surface area contributed by atoms with Gasteiger partial charge in [-0.15, -0.1) is 0 Å². The lowest BCUT2D eigenvalue weighted by atomic mass is 10.0. The van der Waals surface area contributed by atoms with Crippen LogP contribution >= 0.6 is 0 Å². The molecule has 0 saturated heterocycles. The lowest BCUT2D eigenvalue weighted by Gasteiger charge is -2.19. The van der Waals surface area contributed by atoms with Gasteiger partial charge in [0.25, 0.3) is 0 Å². The van der Waals surface area contributed by atoms with Gasteiger partial charge in [0.05, 0.1) is 19.4 Å². The average Bonchev–Trinajstić information content (AvgIpc) is 2.36. The molecule has 2 N–H and O–H groups in total. The molecule has 19 heavy (non-hydrogen) atoms. The summed E-state index contributed by atoms with van der Waals surface area (Å²) in [5.74, 6) is 1.46. The molecule has 1 unspecified atom stereocenters. The van der Waals surface area contributed by atoms with Crippen molar-refractivity contribution in [2.45, 2.75) is 46.7 Å². The molecule has 0 aliphatic rings. The monoisotopic (exact) mass is 266 g/mol. The molecular weight excluding hydrogens is 240 g/mol. The van der Waals surface area contributed by atoms with Crippen LogP contribution in [0.5, 0.6) is 5.75 Å². The molecule has 0 aromatic carbocycles. The smallest absolute Gasteiger partial charge is 0.128 e. The van der Waals surface area contributed by atoms with Gasteiger partial charge in [-0.3, -0.25) is 4.98 Å². The van der Waals surface area contributed by atoms with Gasteiger partial charge in [-0.25, -0.2) is 0 Å². The maximum absolute atomic E-state index is 9.36. The number of hydrogen-bond donors (Lipinski definition) is 2. The number of rotatable bonds is 7. The van der Waals surface area contributed by atoms with Crippen molar-refractivity contribution in [1.29, 1.82) is 0 Å². The minimum absolute atomic E-state index is 0.119. The number of nitrogens with zero attached hydrogens (tertiary/aromatic N) is 1. The van der Waals surface area contributed by atoms with Gasteiger partial charge in [-0.05, 0) is 26.2 Å². The second-order valence-electron chi connectivity index (χ2n) is 5.44. The summed E-state index contributed by atoms with van der Waals surface area (Å²) in [4.78, 5) is 4.45. The van der Waals surface area contributed by atoms with Crippen LogP contribution < -0.4 is 10.1 Å². The molecule has 0 spiro atoms. The fourth-order valence-corrected chi connectivity index (χ4v) is 2.28. The third-order valence-corrected chi connectivity index (χ3v) is 3.28. The summed E-state index contributed by atoms with van der Waals surface area (Å²) >= 11 is 0. The van der Waals surface area contributed by atoms with Gasteiger partial charge < -0.3 is 15.2 Å². The number of aromatic nitrogens is 1. The van der Waals surface area contributed by atoms with Gasteiger partial charge in [0.2, 0.25) is 0 Å². The molecule has 1 heterocycles. The van der Waals surface area contributed by atoms with E-state index in [0.717, 1.165) is 29.0 Å². The average molecular weight is 266 g/mol. The van der Waals surface area contributed by atoms with Crippen LogP contribution in [0.15, 0.2) is 6.20 Å². The van der Waals surface area contributed by atoms with Crippen LogP contribution in [0.1, 0.15) is 37.1 Å². The summed E-state index contributed by atoms with van der Waals surface area (Å²) in [6.07, 6.45) is 2.79. The van der Waals surface area contributed by atoms with Gasteiger partial charge in [0, 0.05) is 29.9 Å². The Morgan fingerprint density at radius 1 is 1.37 bits per heavy atom. The van der Waals surface area contributed by atoms with E-state index in [1.807, 2.05) is 20.0 Å². The normalized spacial score (nSPS) is 12.8. The first-order chi connectivity index (χ1) is 8.99. The number of pyridine rings is 1. The number of hydrogen-bond acceptors (Lipinski definition) is 4. The number of methoxy groups -OCH3 is 1. The Morgan fingerprint density at radius 3 is 2.58 bits per heavy atom. The van der Waals surface area contributed by atoms with Crippen molar-refractivity contribution in [2.75, 3.05) is 13.7 Å². The quantitative estimate of drug-likeness (QED) is 0.794. The molecule has 1 atom stereocenters. The SMILES string of the molecule is COc1c(C)cnc(CNC(CO)CC(C)C)c1C. The first-order valence-corrected chi connectivity index (χ1v) is 6.82. The summed E-state index contributed by atoms with van der Waals surface area (Å²) in [6, 6.07) is 0.119. The van der Waals surface area contributed by atoms with Crippen LogP contribution in [0.25, 0.3) is 0 Å². The van der Waals surface area contributed by atoms with Crippen molar-refractivity contribution in [3.05, 3.63) is 23.0 Å². The molecule has 0 aliphatic carbocycles. The van der Waals surface area contributed by atoms with Crippen LogP contribution in [0.4, 0.5) is 0 Å². The Balaban J connectivity index is 2.72. The molecule has 1 rings (SSSR count). The van der Waals surface area contributed by atoms with Gasteiger partial charge in [-0.1, -0.05) is 13.8 Å². The number of aliphatic hydroxyl groups is 1. The maximum atomic E-state index is 9.36. The zero-order valence-corrected chi connectivity index (χ0v) is 12.7. The standard InChI is InChI=1S/C15H26N2O2/c1-10(2)6-13(9-18)16-8-14-12(4)15(19-5)11(3)7-17-14/h7,10,13,16,18H,6,8-9H2,1-5H3. The number of ether oxygens (including phenoxy) is 1. The van der Waals surface area contributed by atoms with Crippen LogP contribution in [0.3, 0.4) is 0 Å². The summed E-state index contributed by atoms with van der Waals surface area (Å²) in [5, 5.41) is 12.7.